The van der Waals surface area contributed by atoms with Gasteiger partial charge in [-0.1, -0.05) is 6.07 Å². The van der Waals surface area contributed by atoms with Gasteiger partial charge in [0, 0.05) is 37.4 Å². The average Bonchev–Trinajstić information content (AvgIpc) is 3.27. The second-order valence-corrected chi connectivity index (χ2v) is 6.62. The van der Waals surface area contributed by atoms with Gasteiger partial charge in [0.25, 0.3) is 0 Å². The summed E-state index contributed by atoms with van der Waals surface area (Å²) in [6, 6.07) is 8.41. The standard InChI is InChI=1S/C17H17FN4OS/c18-13-2-1-3-15(10-13)22-6-4-14(20-22)11-21-7-8-23-16(12-21)17-19-5-9-24-17/h1-6,9-10,16H,7-8,11-12H2. The lowest BCUT2D eigenvalue weighted by molar-refractivity contribution is -0.0333. The van der Waals surface area contributed by atoms with Crippen molar-refractivity contribution in [3.05, 3.63) is 64.6 Å². The van der Waals surface area contributed by atoms with E-state index in [1.165, 1.54) is 12.1 Å². The fourth-order valence-corrected chi connectivity index (χ4v) is 3.50. The number of halogens is 1. The van der Waals surface area contributed by atoms with Gasteiger partial charge in [0.15, 0.2) is 0 Å². The van der Waals surface area contributed by atoms with Crippen molar-refractivity contribution in [1.82, 2.24) is 19.7 Å². The van der Waals surface area contributed by atoms with Crippen LogP contribution < -0.4 is 0 Å². The zero-order valence-electron chi connectivity index (χ0n) is 13.0. The van der Waals surface area contributed by atoms with Gasteiger partial charge in [0.1, 0.15) is 16.9 Å². The second kappa shape index (κ2) is 6.80. The van der Waals surface area contributed by atoms with E-state index in [1.807, 2.05) is 29.9 Å². The van der Waals surface area contributed by atoms with Crippen LogP contribution in [0.25, 0.3) is 5.69 Å². The molecule has 1 saturated heterocycles. The van der Waals surface area contributed by atoms with Gasteiger partial charge in [0.05, 0.1) is 18.0 Å². The van der Waals surface area contributed by atoms with Crippen molar-refractivity contribution in [2.24, 2.45) is 0 Å². The van der Waals surface area contributed by atoms with Crippen LogP contribution in [-0.2, 0) is 11.3 Å². The lowest BCUT2D eigenvalue weighted by Crippen LogP contribution is -2.37. The van der Waals surface area contributed by atoms with E-state index < -0.39 is 0 Å². The molecule has 1 aromatic carbocycles. The maximum atomic E-state index is 13.3. The topological polar surface area (TPSA) is 43.2 Å². The number of morpholine rings is 1. The molecule has 0 saturated carbocycles. The molecule has 3 aromatic rings. The first-order valence-electron chi connectivity index (χ1n) is 7.82. The SMILES string of the molecule is Fc1cccc(-n2ccc(CN3CCOC(c4nccs4)C3)n2)c1. The second-order valence-electron chi connectivity index (χ2n) is 5.70. The highest BCUT2D eigenvalue weighted by molar-refractivity contribution is 7.09. The van der Waals surface area contributed by atoms with Gasteiger partial charge in [-0.15, -0.1) is 11.3 Å². The highest BCUT2D eigenvalue weighted by Gasteiger charge is 2.24. The number of nitrogens with zero attached hydrogens (tertiary/aromatic N) is 4. The molecule has 0 spiro atoms. The number of hydrogen-bond donors (Lipinski definition) is 0. The summed E-state index contributed by atoms with van der Waals surface area (Å²) in [6.07, 6.45) is 3.70. The van der Waals surface area contributed by atoms with E-state index in [0.717, 1.165) is 36.0 Å². The molecular formula is C17H17FN4OS. The van der Waals surface area contributed by atoms with Crippen LogP contribution in [0, 0.1) is 5.82 Å². The maximum absolute atomic E-state index is 13.3. The van der Waals surface area contributed by atoms with Gasteiger partial charge >= 0.3 is 0 Å². The molecule has 0 bridgehead atoms. The molecule has 1 aliphatic heterocycles. The number of benzene rings is 1. The van der Waals surface area contributed by atoms with Crippen molar-refractivity contribution < 1.29 is 9.13 Å². The summed E-state index contributed by atoms with van der Waals surface area (Å²) in [5, 5.41) is 7.55. The zero-order chi connectivity index (χ0) is 16.4. The minimum absolute atomic E-state index is 0.0315. The van der Waals surface area contributed by atoms with Gasteiger partial charge in [-0.3, -0.25) is 4.90 Å². The Morgan fingerprint density at radius 3 is 3.12 bits per heavy atom. The van der Waals surface area contributed by atoms with Gasteiger partial charge in [0.2, 0.25) is 0 Å². The molecule has 1 aliphatic rings. The van der Waals surface area contributed by atoms with Crippen molar-refractivity contribution >= 4 is 11.3 Å². The Labute approximate surface area is 143 Å². The molecule has 124 valence electrons. The highest BCUT2D eigenvalue weighted by Crippen LogP contribution is 2.24. The monoisotopic (exact) mass is 344 g/mol. The molecule has 1 unspecified atom stereocenters. The van der Waals surface area contributed by atoms with Crippen LogP contribution in [-0.4, -0.2) is 39.4 Å². The zero-order valence-corrected chi connectivity index (χ0v) is 13.8. The Hall–Kier alpha value is -2.09. The van der Waals surface area contributed by atoms with Gasteiger partial charge in [-0.2, -0.15) is 5.10 Å². The largest absolute Gasteiger partial charge is 0.368 e. The molecular weight excluding hydrogens is 327 g/mol. The summed E-state index contributed by atoms with van der Waals surface area (Å²) in [7, 11) is 0. The van der Waals surface area contributed by atoms with E-state index in [1.54, 1.807) is 22.1 Å². The average molecular weight is 344 g/mol. The first-order chi connectivity index (χ1) is 11.8. The number of ether oxygens (including phenoxy) is 1. The predicted molar refractivity (Wildman–Crippen MR) is 89.6 cm³/mol. The van der Waals surface area contributed by atoms with Crippen LogP contribution in [0.3, 0.4) is 0 Å². The minimum atomic E-state index is -0.260. The molecule has 3 heterocycles. The third-order valence-electron chi connectivity index (χ3n) is 3.98. The predicted octanol–water partition coefficient (Wildman–Crippen LogP) is 3.04. The van der Waals surface area contributed by atoms with Crippen LogP contribution in [0.4, 0.5) is 4.39 Å². The summed E-state index contributed by atoms with van der Waals surface area (Å²) in [4.78, 5) is 6.66. The number of thiazole rings is 1. The van der Waals surface area contributed by atoms with Crippen molar-refractivity contribution in [2.75, 3.05) is 19.7 Å². The molecule has 7 heteroatoms. The third-order valence-corrected chi connectivity index (χ3v) is 4.85. The fraction of sp³-hybridized carbons (Fsp3) is 0.294. The number of rotatable bonds is 4. The summed E-state index contributed by atoms with van der Waals surface area (Å²) in [6.45, 7) is 3.11. The van der Waals surface area contributed by atoms with Crippen LogP contribution in [0.15, 0.2) is 48.1 Å². The van der Waals surface area contributed by atoms with E-state index >= 15 is 0 Å². The van der Waals surface area contributed by atoms with Crippen LogP contribution in [0.5, 0.6) is 0 Å². The Bertz CT molecular complexity index is 805. The molecule has 5 nitrogen and oxygen atoms in total. The van der Waals surface area contributed by atoms with Crippen molar-refractivity contribution in [3.8, 4) is 5.69 Å². The third kappa shape index (κ3) is 3.38. The van der Waals surface area contributed by atoms with Gasteiger partial charge in [-0.25, -0.2) is 14.1 Å². The number of hydrogen-bond acceptors (Lipinski definition) is 5. The quantitative estimate of drug-likeness (QED) is 0.730. The lowest BCUT2D eigenvalue weighted by Gasteiger charge is -2.31. The summed E-state index contributed by atoms with van der Waals surface area (Å²) in [5.41, 5.74) is 1.68. The molecule has 2 aromatic heterocycles. The first-order valence-corrected chi connectivity index (χ1v) is 8.70. The van der Waals surface area contributed by atoms with Crippen molar-refractivity contribution in [1.29, 1.82) is 0 Å². The molecule has 1 fully saturated rings. The number of aromatic nitrogens is 3. The molecule has 4 rings (SSSR count). The normalized spacial score (nSPS) is 18.8. The smallest absolute Gasteiger partial charge is 0.125 e. The van der Waals surface area contributed by atoms with E-state index in [-0.39, 0.29) is 11.9 Å². The van der Waals surface area contributed by atoms with Crippen LogP contribution >= 0.6 is 11.3 Å². The Balaban J connectivity index is 1.44. The highest BCUT2D eigenvalue weighted by atomic mass is 32.1. The Morgan fingerprint density at radius 2 is 2.29 bits per heavy atom. The summed E-state index contributed by atoms with van der Waals surface area (Å²) < 4.78 is 20.9. The van der Waals surface area contributed by atoms with E-state index in [0.29, 0.717) is 6.61 Å². The Morgan fingerprint density at radius 1 is 1.33 bits per heavy atom. The van der Waals surface area contributed by atoms with E-state index in [2.05, 4.69) is 15.0 Å². The molecule has 0 radical (unpaired) electrons. The molecule has 0 N–H and O–H groups in total. The molecule has 0 aliphatic carbocycles. The van der Waals surface area contributed by atoms with Crippen molar-refractivity contribution in [2.45, 2.75) is 12.6 Å². The van der Waals surface area contributed by atoms with Gasteiger partial charge in [-0.05, 0) is 24.3 Å². The molecule has 1 atom stereocenters. The minimum Gasteiger partial charge on any atom is -0.368 e. The van der Waals surface area contributed by atoms with Gasteiger partial charge < -0.3 is 4.74 Å². The van der Waals surface area contributed by atoms with E-state index in [4.69, 9.17) is 4.74 Å². The van der Waals surface area contributed by atoms with Crippen LogP contribution in [0.1, 0.15) is 16.8 Å². The van der Waals surface area contributed by atoms with Crippen molar-refractivity contribution in [3.63, 3.8) is 0 Å². The van der Waals surface area contributed by atoms with E-state index in [9.17, 15) is 4.39 Å². The summed E-state index contributed by atoms with van der Waals surface area (Å²) in [5.74, 6) is -0.260. The Kier molecular flexibility index (Phi) is 4.38. The maximum Gasteiger partial charge on any atom is 0.125 e. The molecule has 24 heavy (non-hydrogen) atoms. The lowest BCUT2D eigenvalue weighted by atomic mass is 10.2. The summed E-state index contributed by atoms with van der Waals surface area (Å²) >= 11 is 1.62. The first kappa shape index (κ1) is 15.4. The van der Waals surface area contributed by atoms with Crippen LogP contribution in [0.2, 0.25) is 0 Å². The fourth-order valence-electron chi connectivity index (χ4n) is 2.83. The molecule has 0 amide bonds.